The Morgan fingerprint density at radius 3 is 2.47 bits per heavy atom. The van der Waals surface area contributed by atoms with Crippen LogP contribution in [0.15, 0.2) is 4.90 Å². The van der Waals surface area contributed by atoms with Crippen molar-refractivity contribution in [2.24, 2.45) is 13.0 Å². The van der Waals surface area contributed by atoms with Crippen molar-refractivity contribution in [3.8, 4) is 0 Å². The van der Waals surface area contributed by atoms with Crippen molar-refractivity contribution in [3.05, 3.63) is 5.69 Å². The van der Waals surface area contributed by atoms with Gasteiger partial charge in [0.2, 0.25) is 10.0 Å². The van der Waals surface area contributed by atoms with Gasteiger partial charge in [0.05, 0.1) is 5.69 Å². The number of sulfonamides is 1. The third-order valence-corrected chi connectivity index (χ3v) is 5.95. The van der Waals surface area contributed by atoms with Crippen LogP contribution in [0.25, 0.3) is 0 Å². The van der Waals surface area contributed by atoms with Gasteiger partial charge < -0.3 is 5.73 Å². The summed E-state index contributed by atoms with van der Waals surface area (Å²) in [4.78, 5) is 0.149. The van der Waals surface area contributed by atoms with Gasteiger partial charge in [-0.25, -0.2) is 12.7 Å². The van der Waals surface area contributed by atoms with Gasteiger partial charge in [0.15, 0.2) is 5.82 Å². The lowest BCUT2D eigenvalue weighted by atomic mass is 10.1. The Hall–Kier alpha value is -1.08. The molecule has 1 aliphatic rings. The molecule has 0 unspecified atom stereocenters. The van der Waals surface area contributed by atoms with Gasteiger partial charge in [0.1, 0.15) is 4.90 Å². The first-order valence-corrected chi connectivity index (χ1v) is 8.03. The molecule has 0 radical (unpaired) electrons. The number of anilines is 1. The molecule has 1 aliphatic carbocycles. The second-order valence-electron chi connectivity index (χ2n) is 5.36. The van der Waals surface area contributed by atoms with E-state index in [2.05, 4.69) is 5.10 Å². The van der Waals surface area contributed by atoms with Crippen molar-refractivity contribution in [2.75, 3.05) is 19.3 Å². The van der Waals surface area contributed by atoms with Gasteiger partial charge in [0.25, 0.3) is 0 Å². The largest absolute Gasteiger partial charge is 0.381 e. The highest BCUT2D eigenvalue weighted by Gasteiger charge is 2.30. The Morgan fingerprint density at radius 1 is 1.42 bits per heavy atom. The minimum atomic E-state index is -3.54. The predicted octanol–water partition coefficient (Wildman–Crippen LogP) is 1.12. The first kappa shape index (κ1) is 14.3. The molecule has 1 fully saturated rings. The van der Waals surface area contributed by atoms with Crippen molar-refractivity contribution in [3.63, 3.8) is 0 Å². The number of aryl methyl sites for hydroxylation is 1. The quantitative estimate of drug-likeness (QED) is 0.899. The number of rotatable bonds is 4. The second kappa shape index (κ2) is 5.13. The standard InChI is InChI=1S/C12H22N4O2S/c1-9-11(12(13)14-16(9)3)19(17,18)15(2)8-10-6-4-5-7-10/h10H,4-8H2,1-3H3,(H2,13,14). The van der Waals surface area contributed by atoms with Gasteiger partial charge >= 0.3 is 0 Å². The molecule has 2 N–H and O–H groups in total. The van der Waals surface area contributed by atoms with Crippen LogP contribution in [-0.4, -0.2) is 36.1 Å². The maximum atomic E-state index is 12.6. The van der Waals surface area contributed by atoms with Crippen molar-refractivity contribution in [1.29, 1.82) is 0 Å². The van der Waals surface area contributed by atoms with E-state index in [1.807, 2.05) is 0 Å². The fourth-order valence-corrected chi connectivity index (χ4v) is 4.27. The van der Waals surface area contributed by atoms with Crippen LogP contribution in [0.1, 0.15) is 31.4 Å². The zero-order valence-corrected chi connectivity index (χ0v) is 12.6. The van der Waals surface area contributed by atoms with Crippen LogP contribution in [-0.2, 0) is 17.1 Å². The van der Waals surface area contributed by atoms with Crippen LogP contribution in [0.3, 0.4) is 0 Å². The minimum absolute atomic E-state index is 0.0817. The molecule has 0 spiro atoms. The van der Waals surface area contributed by atoms with E-state index >= 15 is 0 Å². The van der Waals surface area contributed by atoms with E-state index in [1.165, 1.54) is 21.8 Å². The topological polar surface area (TPSA) is 81.2 Å². The molecule has 7 heteroatoms. The molecule has 6 nitrogen and oxygen atoms in total. The molecule has 0 atom stereocenters. The Morgan fingerprint density at radius 2 is 2.00 bits per heavy atom. The fraction of sp³-hybridized carbons (Fsp3) is 0.750. The Labute approximate surface area is 114 Å². The molecule has 0 aliphatic heterocycles. The summed E-state index contributed by atoms with van der Waals surface area (Å²) in [5.74, 6) is 0.552. The van der Waals surface area contributed by atoms with E-state index < -0.39 is 10.0 Å². The summed E-state index contributed by atoms with van der Waals surface area (Å²) in [5.41, 5.74) is 6.32. The van der Waals surface area contributed by atoms with Crippen LogP contribution in [0.5, 0.6) is 0 Å². The smallest absolute Gasteiger partial charge is 0.248 e. The molecule has 0 amide bonds. The lowest BCUT2D eigenvalue weighted by Crippen LogP contribution is -2.32. The Kier molecular flexibility index (Phi) is 3.87. The number of aromatic nitrogens is 2. The van der Waals surface area contributed by atoms with Crippen LogP contribution in [0.2, 0.25) is 0 Å². The first-order chi connectivity index (χ1) is 8.84. The molecule has 0 saturated heterocycles. The van der Waals surface area contributed by atoms with Gasteiger partial charge in [0, 0.05) is 20.6 Å². The van der Waals surface area contributed by atoms with Gasteiger partial charge in [-0.1, -0.05) is 12.8 Å². The molecular formula is C12H22N4O2S. The number of nitrogens with zero attached hydrogens (tertiary/aromatic N) is 3. The lowest BCUT2D eigenvalue weighted by molar-refractivity contribution is 0.387. The normalized spacial score (nSPS) is 17.5. The van der Waals surface area contributed by atoms with E-state index in [0.29, 0.717) is 18.2 Å². The van der Waals surface area contributed by atoms with Crippen LogP contribution in [0, 0.1) is 12.8 Å². The zero-order chi connectivity index (χ0) is 14.2. The minimum Gasteiger partial charge on any atom is -0.381 e. The maximum Gasteiger partial charge on any atom is 0.248 e. The lowest BCUT2D eigenvalue weighted by Gasteiger charge is -2.20. The molecule has 108 valence electrons. The van der Waals surface area contributed by atoms with Crippen molar-refractivity contribution < 1.29 is 8.42 Å². The highest BCUT2D eigenvalue weighted by Crippen LogP contribution is 2.29. The number of nitrogen functional groups attached to an aromatic ring is 1. The van der Waals surface area contributed by atoms with E-state index in [0.717, 1.165) is 12.8 Å². The van der Waals surface area contributed by atoms with E-state index in [4.69, 9.17) is 5.73 Å². The number of nitrogens with two attached hydrogens (primary N) is 1. The molecule has 0 bridgehead atoms. The van der Waals surface area contributed by atoms with Gasteiger partial charge in [-0.15, -0.1) is 0 Å². The average Bonchev–Trinajstić information content (AvgIpc) is 2.88. The molecule has 1 heterocycles. The second-order valence-corrected chi connectivity index (χ2v) is 7.34. The zero-order valence-electron chi connectivity index (χ0n) is 11.8. The number of hydrogen-bond acceptors (Lipinski definition) is 4. The van der Waals surface area contributed by atoms with Crippen molar-refractivity contribution in [2.45, 2.75) is 37.5 Å². The van der Waals surface area contributed by atoms with E-state index in [9.17, 15) is 8.42 Å². The van der Waals surface area contributed by atoms with Crippen molar-refractivity contribution >= 4 is 15.8 Å². The fourth-order valence-electron chi connectivity index (χ4n) is 2.74. The SMILES string of the molecule is Cc1c(S(=O)(=O)N(C)CC2CCCC2)c(N)nn1C. The molecule has 1 saturated carbocycles. The highest BCUT2D eigenvalue weighted by atomic mass is 32.2. The third-order valence-electron chi connectivity index (χ3n) is 3.96. The van der Waals surface area contributed by atoms with Crippen LogP contribution in [0.4, 0.5) is 5.82 Å². The third kappa shape index (κ3) is 2.62. The summed E-state index contributed by atoms with van der Waals surface area (Å²) < 4.78 is 28.1. The molecule has 1 aromatic rings. The van der Waals surface area contributed by atoms with Gasteiger partial charge in [-0.05, 0) is 25.7 Å². The summed E-state index contributed by atoms with van der Waals surface area (Å²) in [6.07, 6.45) is 4.63. The molecule has 1 aromatic heterocycles. The molecule has 0 aromatic carbocycles. The summed E-state index contributed by atoms with van der Waals surface area (Å²) >= 11 is 0. The summed E-state index contributed by atoms with van der Waals surface area (Å²) in [5, 5.41) is 3.98. The molecular weight excluding hydrogens is 264 g/mol. The number of hydrogen-bond donors (Lipinski definition) is 1. The van der Waals surface area contributed by atoms with Crippen LogP contribution >= 0.6 is 0 Å². The first-order valence-electron chi connectivity index (χ1n) is 6.59. The van der Waals surface area contributed by atoms with Crippen LogP contribution < -0.4 is 5.73 Å². The van der Waals surface area contributed by atoms with Gasteiger partial charge in [-0.2, -0.15) is 5.10 Å². The average molecular weight is 286 g/mol. The molecule has 19 heavy (non-hydrogen) atoms. The molecule has 2 rings (SSSR count). The maximum absolute atomic E-state index is 12.6. The Balaban J connectivity index is 2.25. The summed E-state index contributed by atoms with van der Waals surface area (Å²) in [6.45, 7) is 2.29. The van der Waals surface area contributed by atoms with E-state index in [1.54, 1.807) is 21.0 Å². The monoisotopic (exact) mass is 286 g/mol. The summed E-state index contributed by atoms with van der Waals surface area (Å²) in [7, 11) is -0.221. The Bertz CT molecular complexity index is 559. The van der Waals surface area contributed by atoms with E-state index in [-0.39, 0.29) is 10.7 Å². The summed E-state index contributed by atoms with van der Waals surface area (Å²) in [6, 6.07) is 0. The van der Waals surface area contributed by atoms with Crippen molar-refractivity contribution in [1.82, 2.24) is 14.1 Å². The highest BCUT2D eigenvalue weighted by molar-refractivity contribution is 7.89. The van der Waals surface area contributed by atoms with Gasteiger partial charge in [-0.3, -0.25) is 4.68 Å². The predicted molar refractivity (Wildman–Crippen MR) is 74.1 cm³/mol.